The molecule has 1 N–H and O–H groups in total. The molecule has 0 saturated carbocycles. The summed E-state index contributed by atoms with van der Waals surface area (Å²) in [6, 6.07) is 11.1. The smallest absolute Gasteiger partial charge is 0.258 e. The van der Waals surface area contributed by atoms with Crippen molar-refractivity contribution >= 4 is 11.6 Å². The predicted octanol–water partition coefficient (Wildman–Crippen LogP) is 3.61. The molecule has 0 aromatic heterocycles. The standard InChI is InChI=1S/C18H18FNO2/c1-11-3-8-16-15(9-11)17(21)10-12(2)20(16)18(22)13-4-6-14(19)7-5-13/h3-9,12,17,21H,10H2,1-2H3/t12-,17+/m1/s1. The molecule has 3 nitrogen and oxygen atoms in total. The van der Waals surface area contributed by atoms with Crippen molar-refractivity contribution in [3.8, 4) is 0 Å². The Kier molecular flexibility index (Phi) is 3.71. The zero-order valence-electron chi connectivity index (χ0n) is 12.6. The number of carbonyl (C=O) groups excluding carboxylic acids is 1. The third-order valence-corrected chi connectivity index (χ3v) is 4.12. The van der Waals surface area contributed by atoms with E-state index in [9.17, 15) is 14.3 Å². The molecule has 0 spiro atoms. The highest BCUT2D eigenvalue weighted by Crippen LogP contribution is 2.38. The fourth-order valence-electron chi connectivity index (χ4n) is 2.99. The Morgan fingerprint density at radius 2 is 1.91 bits per heavy atom. The van der Waals surface area contributed by atoms with Crippen LogP contribution in [0.2, 0.25) is 0 Å². The number of aryl methyl sites for hydroxylation is 1. The second-order valence-corrected chi connectivity index (χ2v) is 5.84. The summed E-state index contributed by atoms with van der Waals surface area (Å²) in [7, 11) is 0. The number of aliphatic hydroxyl groups excluding tert-OH is 1. The summed E-state index contributed by atoms with van der Waals surface area (Å²) in [4.78, 5) is 14.5. The predicted molar refractivity (Wildman–Crippen MR) is 83.4 cm³/mol. The number of benzene rings is 2. The second-order valence-electron chi connectivity index (χ2n) is 5.84. The number of hydrogen-bond donors (Lipinski definition) is 1. The maximum atomic E-state index is 13.0. The summed E-state index contributed by atoms with van der Waals surface area (Å²) in [6.07, 6.45) is -0.0780. The van der Waals surface area contributed by atoms with E-state index in [4.69, 9.17) is 0 Å². The summed E-state index contributed by atoms with van der Waals surface area (Å²) in [6.45, 7) is 3.87. The minimum Gasteiger partial charge on any atom is -0.388 e. The zero-order chi connectivity index (χ0) is 15.9. The van der Waals surface area contributed by atoms with Crippen LogP contribution in [-0.4, -0.2) is 17.1 Å². The molecular weight excluding hydrogens is 281 g/mol. The van der Waals surface area contributed by atoms with Crippen molar-refractivity contribution < 1.29 is 14.3 Å². The molecule has 0 radical (unpaired) electrons. The van der Waals surface area contributed by atoms with Crippen molar-refractivity contribution in [2.45, 2.75) is 32.4 Å². The van der Waals surface area contributed by atoms with Crippen LogP contribution >= 0.6 is 0 Å². The van der Waals surface area contributed by atoms with Gasteiger partial charge in [0.05, 0.1) is 11.8 Å². The summed E-state index contributed by atoms with van der Waals surface area (Å²) in [5.41, 5.74) is 2.98. The first kappa shape index (κ1) is 14.7. The first-order valence-electron chi connectivity index (χ1n) is 7.35. The Bertz CT molecular complexity index is 712. The SMILES string of the molecule is Cc1ccc2c(c1)[C@@H](O)C[C@@H](C)N2C(=O)c1ccc(F)cc1. The van der Waals surface area contributed by atoms with Gasteiger partial charge in [-0.05, 0) is 50.6 Å². The molecule has 0 saturated heterocycles. The molecule has 114 valence electrons. The first-order valence-corrected chi connectivity index (χ1v) is 7.35. The lowest BCUT2D eigenvalue weighted by Gasteiger charge is -2.38. The van der Waals surface area contributed by atoms with E-state index in [-0.39, 0.29) is 17.8 Å². The minimum absolute atomic E-state index is 0.122. The topological polar surface area (TPSA) is 40.5 Å². The zero-order valence-corrected chi connectivity index (χ0v) is 12.6. The van der Waals surface area contributed by atoms with E-state index in [1.54, 1.807) is 4.90 Å². The van der Waals surface area contributed by atoms with E-state index in [2.05, 4.69) is 0 Å². The van der Waals surface area contributed by atoms with E-state index in [0.29, 0.717) is 12.0 Å². The normalized spacial score (nSPS) is 20.6. The van der Waals surface area contributed by atoms with Gasteiger partial charge in [0.2, 0.25) is 0 Å². The molecule has 2 aromatic rings. The van der Waals surface area contributed by atoms with Gasteiger partial charge in [0.15, 0.2) is 0 Å². The number of carbonyl (C=O) groups is 1. The summed E-state index contributed by atoms with van der Waals surface area (Å²) >= 11 is 0. The third kappa shape index (κ3) is 2.50. The van der Waals surface area contributed by atoms with Crippen molar-refractivity contribution in [1.29, 1.82) is 0 Å². The van der Waals surface area contributed by atoms with Crippen molar-refractivity contribution in [2.75, 3.05) is 4.90 Å². The van der Waals surface area contributed by atoms with Crippen LogP contribution in [0.3, 0.4) is 0 Å². The van der Waals surface area contributed by atoms with Crippen molar-refractivity contribution in [1.82, 2.24) is 0 Å². The number of amides is 1. The highest BCUT2D eigenvalue weighted by atomic mass is 19.1. The van der Waals surface area contributed by atoms with Crippen LogP contribution in [-0.2, 0) is 0 Å². The minimum atomic E-state index is -0.567. The fraction of sp³-hybridized carbons (Fsp3) is 0.278. The fourth-order valence-corrected chi connectivity index (χ4v) is 2.99. The van der Waals surface area contributed by atoms with Crippen LogP contribution in [0.25, 0.3) is 0 Å². The molecule has 0 aliphatic carbocycles. The van der Waals surface area contributed by atoms with Gasteiger partial charge in [0, 0.05) is 17.2 Å². The number of anilines is 1. The molecule has 1 aliphatic rings. The Morgan fingerprint density at radius 3 is 2.59 bits per heavy atom. The summed E-state index contributed by atoms with van der Waals surface area (Å²) in [5.74, 6) is -0.542. The molecule has 4 heteroatoms. The maximum Gasteiger partial charge on any atom is 0.258 e. The van der Waals surface area contributed by atoms with Gasteiger partial charge in [-0.3, -0.25) is 4.79 Å². The lowest BCUT2D eigenvalue weighted by atomic mass is 9.92. The molecule has 2 atom stereocenters. The van der Waals surface area contributed by atoms with Crippen LogP contribution in [0.5, 0.6) is 0 Å². The molecule has 0 fully saturated rings. The number of aliphatic hydroxyl groups is 1. The first-order chi connectivity index (χ1) is 10.5. The van der Waals surface area contributed by atoms with E-state index in [1.807, 2.05) is 32.0 Å². The van der Waals surface area contributed by atoms with Crippen LogP contribution in [0.4, 0.5) is 10.1 Å². The highest BCUT2D eigenvalue weighted by Gasteiger charge is 2.33. The van der Waals surface area contributed by atoms with Crippen molar-refractivity contribution in [3.63, 3.8) is 0 Å². The maximum absolute atomic E-state index is 13.0. The van der Waals surface area contributed by atoms with Crippen molar-refractivity contribution in [3.05, 3.63) is 65.0 Å². The van der Waals surface area contributed by atoms with Gasteiger partial charge < -0.3 is 10.0 Å². The Balaban J connectivity index is 2.04. The molecular formula is C18H18FNO2. The van der Waals surface area contributed by atoms with Crippen LogP contribution in [0.1, 0.15) is 40.9 Å². The number of rotatable bonds is 1. The van der Waals surface area contributed by atoms with E-state index in [0.717, 1.165) is 16.8 Å². The largest absolute Gasteiger partial charge is 0.388 e. The van der Waals surface area contributed by atoms with E-state index < -0.39 is 6.10 Å². The monoisotopic (exact) mass is 299 g/mol. The molecule has 1 aliphatic heterocycles. The number of fused-ring (bicyclic) bond motifs is 1. The summed E-state index contributed by atoms with van der Waals surface area (Å²) in [5, 5.41) is 10.3. The molecule has 22 heavy (non-hydrogen) atoms. The van der Waals surface area contributed by atoms with Gasteiger partial charge in [-0.1, -0.05) is 17.7 Å². The molecule has 1 amide bonds. The van der Waals surface area contributed by atoms with Gasteiger partial charge in [0.25, 0.3) is 5.91 Å². The average Bonchev–Trinajstić information content (AvgIpc) is 2.48. The number of nitrogens with zero attached hydrogens (tertiary/aromatic N) is 1. The Morgan fingerprint density at radius 1 is 1.23 bits per heavy atom. The Hall–Kier alpha value is -2.20. The van der Waals surface area contributed by atoms with Crippen molar-refractivity contribution in [2.24, 2.45) is 0 Å². The molecule has 0 unspecified atom stereocenters. The van der Waals surface area contributed by atoms with Gasteiger partial charge >= 0.3 is 0 Å². The van der Waals surface area contributed by atoms with Crippen LogP contribution in [0, 0.1) is 12.7 Å². The summed E-state index contributed by atoms with van der Waals surface area (Å²) < 4.78 is 13.0. The Labute approximate surface area is 129 Å². The molecule has 0 bridgehead atoms. The average molecular weight is 299 g/mol. The van der Waals surface area contributed by atoms with E-state index >= 15 is 0 Å². The lowest BCUT2D eigenvalue weighted by molar-refractivity contribution is 0.0949. The lowest BCUT2D eigenvalue weighted by Crippen LogP contribution is -2.43. The van der Waals surface area contributed by atoms with Gasteiger partial charge in [-0.2, -0.15) is 0 Å². The van der Waals surface area contributed by atoms with Gasteiger partial charge in [-0.25, -0.2) is 4.39 Å². The van der Waals surface area contributed by atoms with Crippen LogP contribution < -0.4 is 4.90 Å². The van der Waals surface area contributed by atoms with Gasteiger partial charge in [-0.15, -0.1) is 0 Å². The third-order valence-electron chi connectivity index (χ3n) is 4.12. The quantitative estimate of drug-likeness (QED) is 0.874. The molecule has 1 heterocycles. The highest BCUT2D eigenvalue weighted by molar-refractivity contribution is 6.07. The molecule has 2 aromatic carbocycles. The number of hydrogen-bond acceptors (Lipinski definition) is 2. The molecule has 3 rings (SSSR count). The van der Waals surface area contributed by atoms with Gasteiger partial charge in [0.1, 0.15) is 5.82 Å². The van der Waals surface area contributed by atoms with Crippen LogP contribution in [0.15, 0.2) is 42.5 Å². The number of halogens is 1. The van der Waals surface area contributed by atoms with E-state index in [1.165, 1.54) is 24.3 Å². The second kappa shape index (κ2) is 5.54.